The van der Waals surface area contributed by atoms with E-state index >= 15 is 0 Å². The van der Waals surface area contributed by atoms with Crippen LogP contribution in [0, 0.1) is 28.6 Å². The van der Waals surface area contributed by atoms with E-state index in [1.54, 1.807) is 0 Å². The molecular formula is C28H42O4. The lowest BCUT2D eigenvalue weighted by molar-refractivity contribution is -0.239. The smallest absolute Gasteiger partial charge is 0.0978 e. The minimum atomic E-state index is -0.954. The van der Waals surface area contributed by atoms with Gasteiger partial charge in [-0.25, -0.2) is 0 Å². The molecule has 1 aromatic carbocycles. The lowest BCUT2D eigenvalue weighted by atomic mass is 9.43. The van der Waals surface area contributed by atoms with Crippen LogP contribution < -0.4 is 0 Å². The Bertz CT molecular complexity index is 813. The zero-order valence-electron chi connectivity index (χ0n) is 19.9. The van der Waals surface area contributed by atoms with E-state index in [9.17, 15) is 10.2 Å². The standard InChI is InChI=1S/C28H42O4/c1-25-13-11-22(32-18-6-17-29)19-21(25)9-10-24-23(25)12-14-26(2)27(30,15-16-28(24,26)31)20-7-4-3-5-8-20/h3-5,7-8,21-24,29-31H,6,9-19H2,1-2H3/t21-,22+,23+,24-,25+,26-,27+,28+/m1/s1. The highest BCUT2D eigenvalue weighted by Gasteiger charge is 2.71. The van der Waals surface area contributed by atoms with Crippen LogP contribution in [-0.4, -0.2) is 40.2 Å². The second-order valence-corrected chi connectivity index (χ2v) is 11.9. The molecule has 4 aliphatic carbocycles. The second-order valence-electron chi connectivity index (χ2n) is 11.9. The minimum Gasteiger partial charge on any atom is -0.396 e. The summed E-state index contributed by atoms with van der Waals surface area (Å²) < 4.78 is 6.09. The van der Waals surface area contributed by atoms with Crippen LogP contribution >= 0.6 is 0 Å². The fourth-order valence-electron chi connectivity index (χ4n) is 8.85. The molecule has 4 saturated carbocycles. The zero-order chi connectivity index (χ0) is 22.6. The minimum absolute atomic E-state index is 0.199. The summed E-state index contributed by atoms with van der Waals surface area (Å²) in [6, 6.07) is 10.1. The maximum atomic E-state index is 12.4. The zero-order valence-corrected chi connectivity index (χ0v) is 19.9. The number of ether oxygens (including phenoxy) is 1. The van der Waals surface area contributed by atoms with Crippen molar-refractivity contribution in [2.24, 2.45) is 28.6 Å². The van der Waals surface area contributed by atoms with E-state index < -0.39 is 16.6 Å². The molecule has 3 N–H and O–H groups in total. The topological polar surface area (TPSA) is 69.9 Å². The van der Waals surface area contributed by atoms with Gasteiger partial charge < -0.3 is 20.1 Å². The van der Waals surface area contributed by atoms with Gasteiger partial charge in [-0.15, -0.1) is 0 Å². The Hall–Kier alpha value is -0.940. The molecule has 4 fully saturated rings. The van der Waals surface area contributed by atoms with Crippen molar-refractivity contribution in [3.8, 4) is 0 Å². The molecule has 1 aromatic rings. The molecule has 0 aliphatic heterocycles. The third-order valence-electron chi connectivity index (χ3n) is 10.9. The number of benzene rings is 1. The summed E-state index contributed by atoms with van der Waals surface area (Å²) in [5, 5.41) is 33.4. The molecule has 0 radical (unpaired) electrons. The Balaban J connectivity index is 1.39. The Morgan fingerprint density at radius 1 is 0.906 bits per heavy atom. The van der Waals surface area contributed by atoms with Crippen LogP contribution in [0.1, 0.15) is 83.6 Å². The molecule has 5 rings (SSSR count). The van der Waals surface area contributed by atoms with E-state index in [0.29, 0.717) is 37.4 Å². The molecule has 0 aromatic heterocycles. The number of hydrogen-bond donors (Lipinski definition) is 3. The largest absolute Gasteiger partial charge is 0.396 e. The van der Waals surface area contributed by atoms with Gasteiger partial charge in [0.2, 0.25) is 0 Å². The normalized spacial score (nSPS) is 48.0. The first-order valence-electron chi connectivity index (χ1n) is 13.0. The first-order valence-corrected chi connectivity index (χ1v) is 13.0. The van der Waals surface area contributed by atoms with Gasteiger partial charge in [-0.2, -0.15) is 0 Å². The van der Waals surface area contributed by atoms with Crippen molar-refractivity contribution in [3.63, 3.8) is 0 Å². The summed E-state index contributed by atoms with van der Waals surface area (Å²) in [5.41, 5.74) is -1.04. The molecule has 0 amide bonds. The molecule has 178 valence electrons. The van der Waals surface area contributed by atoms with Crippen molar-refractivity contribution in [1.82, 2.24) is 0 Å². The van der Waals surface area contributed by atoms with Gasteiger partial charge in [-0.3, -0.25) is 0 Å². The summed E-state index contributed by atoms with van der Waals surface area (Å²) in [7, 11) is 0. The molecule has 0 spiro atoms. The maximum Gasteiger partial charge on any atom is 0.0978 e. The fraction of sp³-hybridized carbons (Fsp3) is 0.786. The van der Waals surface area contributed by atoms with Crippen molar-refractivity contribution >= 4 is 0 Å². The first-order chi connectivity index (χ1) is 15.3. The number of rotatable bonds is 5. The third kappa shape index (κ3) is 3.09. The van der Waals surface area contributed by atoms with Gasteiger partial charge >= 0.3 is 0 Å². The number of fused-ring (bicyclic) bond motifs is 5. The Kier molecular flexibility index (Phi) is 5.76. The van der Waals surface area contributed by atoms with Crippen LogP contribution in [0.3, 0.4) is 0 Å². The summed E-state index contributed by atoms with van der Waals surface area (Å²) in [6.07, 6.45) is 9.96. The van der Waals surface area contributed by atoms with Gasteiger partial charge in [0.1, 0.15) is 0 Å². The van der Waals surface area contributed by atoms with E-state index in [2.05, 4.69) is 13.8 Å². The lowest BCUT2D eigenvalue weighted by Crippen LogP contribution is -2.64. The van der Waals surface area contributed by atoms with Crippen molar-refractivity contribution < 1.29 is 20.1 Å². The third-order valence-corrected chi connectivity index (χ3v) is 10.9. The fourth-order valence-corrected chi connectivity index (χ4v) is 8.85. The SMILES string of the molecule is C[C@]12CC[C@H](OCCCO)C[C@H]1CC[C@@H]1[C@@H]2CC[C@]2(C)[C@@](O)(c3ccccc3)CC[C@]12O. The van der Waals surface area contributed by atoms with E-state index in [0.717, 1.165) is 50.5 Å². The van der Waals surface area contributed by atoms with E-state index in [-0.39, 0.29) is 17.9 Å². The summed E-state index contributed by atoms with van der Waals surface area (Å²) in [5.74, 6) is 1.45. The Morgan fingerprint density at radius 2 is 1.69 bits per heavy atom. The lowest BCUT2D eigenvalue weighted by Gasteiger charge is -2.64. The molecule has 32 heavy (non-hydrogen) atoms. The van der Waals surface area contributed by atoms with Crippen LogP contribution in [-0.2, 0) is 10.3 Å². The van der Waals surface area contributed by atoms with Crippen LogP contribution in [0.4, 0.5) is 0 Å². The average molecular weight is 443 g/mol. The number of aliphatic hydroxyl groups is 3. The molecule has 0 heterocycles. The van der Waals surface area contributed by atoms with Gasteiger partial charge in [0.25, 0.3) is 0 Å². The van der Waals surface area contributed by atoms with Crippen molar-refractivity contribution in [3.05, 3.63) is 35.9 Å². The average Bonchev–Trinajstić information content (AvgIpc) is 3.02. The van der Waals surface area contributed by atoms with E-state index in [1.165, 1.54) is 6.42 Å². The van der Waals surface area contributed by atoms with Gasteiger partial charge in [0, 0.05) is 18.6 Å². The number of hydrogen-bond acceptors (Lipinski definition) is 4. The molecule has 4 heteroatoms. The highest BCUT2D eigenvalue weighted by molar-refractivity contribution is 5.32. The predicted molar refractivity (Wildman–Crippen MR) is 125 cm³/mol. The molecule has 4 aliphatic rings. The summed E-state index contributed by atoms with van der Waals surface area (Å²) in [6.45, 7) is 5.52. The van der Waals surface area contributed by atoms with Gasteiger partial charge in [-0.05, 0) is 92.9 Å². The van der Waals surface area contributed by atoms with Gasteiger partial charge in [-0.1, -0.05) is 44.2 Å². The molecular weight excluding hydrogens is 400 g/mol. The molecule has 4 nitrogen and oxygen atoms in total. The second kappa shape index (κ2) is 8.08. The quantitative estimate of drug-likeness (QED) is 0.573. The van der Waals surface area contributed by atoms with Crippen LogP contribution in [0.15, 0.2) is 30.3 Å². The molecule has 0 bridgehead atoms. The van der Waals surface area contributed by atoms with Crippen molar-refractivity contribution in [2.75, 3.05) is 13.2 Å². The summed E-state index contributed by atoms with van der Waals surface area (Å²) in [4.78, 5) is 0. The van der Waals surface area contributed by atoms with E-state index in [4.69, 9.17) is 9.84 Å². The molecule has 0 unspecified atom stereocenters. The van der Waals surface area contributed by atoms with Gasteiger partial charge in [0.05, 0.1) is 17.3 Å². The summed E-state index contributed by atoms with van der Waals surface area (Å²) >= 11 is 0. The van der Waals surface area contributed by atoms with E-state index in [1.807, 2.05) is 30.3 Å². The first kappa shape index (κ1) is 22.8. The number of aliphatic hydroxyl groups excluding tert-OH is 1. The monoisotopic (exact) mass is 442 g/mol. The Labute approximate surface area is 193 Å². The van der Waals surface area contributed by atoms with Gasteiger partial charge in [0.15, 0.2) is 0 Å². The van der Waals surface area contributed by atoms with Crippen LogP contribution in [0.5, 0.6) is 0 Å². The Morgan fingerprint density at radius 3 is 2.44 bits per heavy atom. The predicted octanol–water partition coefficient (Wildman–Crippen LogP) is 4.80. The highest BCUT2D eigenvalue weighted by atomic mass is 16.5. The maximum absolute atomic E-state index is 12.4. The van der Waals surface area contributed by atoms with Crippen molar-refractivity contribution in [1.29, 1.82) is 0 Å². The molecule has 0 saturated heterocycles. The molecule has 8 atom stereocenters. The highest BCUT2D eigenvalue weighted by Crippen LogP contribution is 2.71. The van der Waals surface area contributed by atoms with Crippen LogP contribution in [0.25, 0.3) is 0 Å². The van der Waals surface area contributed by atoms with Crippen LogP contribution in [0.2, 0.25) is 0 Å². The van der Waals surface area contributed by atoms with Crippen molar-refractivity contribution in [2.45, 2.75) is 95.4 Å².